The van der Waals surface area contributed by atoms with E-state index in [2.05, 4.69) is 10.3 Å². The maximum absolute atomic E-state index is 11.5. The molecule has 23 heavy (non-hydrogen) atoms. The van der Waals surface area contributed by atoms with E-state index in [0.717, 1.165) is 5.56 Å². The summed E-state index contributed by atoms with van der Waals surface area (Å²) >= 11 is 5.81. The molecular formula is C17H17ClN2O3. The Bertz CT molecular complexity index is 726. The van der Waals surface area contributed by atoms with Gasteiger partial charge in [-0.25, -0.2) is 4.79 Å². The van der Waals surface area contributed by atoms with Crippen LogP contribution in [-0.2, 0) is 11.3 Å². The number of carbonyl (C=O) groups is 1. The highest BCUT2D eigenvalue weighted by atomic mass is 35.5. The van der Waals surface area contributed by atoms with E-state index < -0.39 is 6.09 Å². The lowest BCUT2D eigenvalue weighted by atomic mass is 10.2. The molecule has 0 aliphatic heterocycles. The van der Waals surface area contributed by atoms with Gasteiger partial charge in [-0.2, -0.15) is 0 Å². The van der Waals surface area contributed by atoms with Crippen molar-refractivity contribution in [3.8, 4) is 0 Å². The van der Waals surface area contributed by atoms with Crippen LogP contribution in [0.15, 0.2) is 53.5 Å². The summed E-state index contributed by atoms with van der Waals surface area (Å²) in [6.45, 7) is 0.656. The van der Waals surface area contributed by atoms with Gasteiger partial charge in [-0.1, -0.05) is 54.1 Å². The molecule has 5 nitrogen and oxygen atoms in total. The molecule has 0 saturated carbocycles. The van der Waals surface area contributed by atoms with Gasteiger partial charge < -0.3 is 15.0 Å². The first kappa shape index (κ1) is 16.8. The number of pyridine rings is 1. The minimum absolute atomic E-state index is 0.208. The Hall–Kier alpha value is -2.53. The van der Waals surface area contributed by atoms with E-state index in [-0.39, 0.29) is 12.2 Å². The van der Waals surface area contributed by atoms with Crippen molar-refractivity contribution in [1.29, 1.82) is 0 Å². The smallest absolute Gasteiger partial charge is 0.407 e. The third-order valence-electron chi connectivity index (χ3n) is 2.99. The predicted octanol–water partition coefficient (Wildman–Crippen LogP) is 3.36. The van der Waals surface area contributed by atoms with E-state index in [9.17, 15) is 9.59 Å². The normalized spacial score (nSPS) is 10.7. The lowest BCUT2D eigenvalue weighted by Gasteiger charge is -2.05. The number of amides is 1. The SMILES string of the molecule is O=C(NCCC=Cc1cc(Cl)c[nH]c1=O)OCc1ccccc1. The van der Waals surface area contributed by atoms with Crippen molar-refractivity contribution in [3.05, 3.63) is 75.2 Å². The summed E-state index contributed by atoms with van der Waals surface area (Å²) in [6, 6.07) is 11.0. The first-order chi connectivity index (χ1) is 11.1. The van der Waals surface area contributed by atoms with Crippen LogP contribution in [0.4, 0.5) is 4.79 Å². The topological polar surface area (TPSA) is 71.2 Å². The molecule has 1 heterocycles. The zero-order chi connectivity index (χ0) is 16.5. The summed E-state index contributed by atoms with van der Waals surface area (Å²) in [6.07, 6.45) is 5.00. The maximum Gasteiger partial charge on any atom is 0.407 e. The number of aromatic amines is 1. The van der Waals surface area contributed by atoms with Crippen LogP contribution in [0.5, 0.6) is 0 Å². The van der Waals surface area contributed by atoms with Gasteiger partial charge in [0.2, 0.25) is 0 Å². The van der Waals surface area contributed by atoms with Crippen molar-refractivity contribution in [3.63, 3.8) is 0 Å². The number of alkyl carbamates (subject to hydrolysis) is 1. The molecule has 1 aromatic heterocycles. The molecular weight excluding hydrogens is 316 g/mol. The number of nitrogens with one attached hydrogen (secondary N) is 2. The quantitative estimate of drug-likeness (QED) is 0.797. The van der Waals surface area contributed by atoms with E-state index in [1.54, 1.807) is 18.2 Å². The van der Waals surface area contributed by atoms with Crippen LogP contribution in [0.2, 0.25) is 5.02 Å². The zero-order valence-electron chi connectivity index (χ0n) is 12.4. The number of hydrogen-bond donors (Lipinski definition) is 2. The summed E-state index contributed by atoms with van der Waals surface area (Å²) in [5.74, 6) is 0. The van der Waals surface area contributed by atoms with Crippen LogP contribution in [0.1, 0.15) is 17.5 Å². The van der Waals surface area contributed by atoms with Crippen LogP contribution in [0.25, 0.3) is 6.08 Å². The fourth-order valence-electron chi connectivity index (χ4n) is 1.84. The van der Waals surface area contributed by atoms with Crippen LogP contribution in [0.3, 0.4) is 0 Å². The second kappa shape index (κ2) is 8.80. The molecule has 0 saturated heterocycles. The number of ether oxygens (including phenoxy) is 1. The number of rotatable bonds is 6. The molecule has 0 bridgehead atoms. The highest BCUT2D eigenvalue weighted by Gasteiger charge is 2.01. The van der Waals surface area contributed by atoms with Gasteiger partial charge in [-0.15, -0.1) is 0 Å². The minimum Gasteiger partial charge on any atom is -0.445 e. The Morgan fingerprint density at radius 3 is 2.87 bits per heavy atom. The monoisotopic (exact) mass is 332 g/mol. The summed E-state index contributed by atoms with van der Waals surface area (Å²) < 4.78 is 5.08. The third kappa shape index (κ3) is 6.00. The molecule has 0 aliphatic rings. The number of hydrogen-bond acceptors (Lipinski definition) is 3. The van der Waals surface area contributed by atoms with Crippen molar-refractivity contribution in [2.75, 3.05) is 6.54 Å². The molecule has 0 fully saturated rings. The standard InChI is InChI=1S/C17H17ClN2O3/c18-15-10-14(16(21)20-11-15)8-4-5-9-19-17(22)23-12-13-6-2-1-3-7-13/h1-4,6-8,10-11H,5,9,12H2,(H,19,22)(H,20,21). The summed E-state index contributed by atoms with van der Waals surface area (Å²) in [5, 5.41) is 3.11. The summed E-state index contributed by atoms with van der Waals surface area (Å²) in [5.41, 5.74) is 1.20. The second-order valence-corrected chi connectivity index (χ2v) is 5.22. The highest BCUT2D eigenvalue weighted by Crippen LogP contribution is 2.06. The molecule has 0 unspecified atom stereocenters. The van der Waals surface area contributed by atoms with E-state index >= 15 is 0 Å². The van der Waals surface area contributed by atoms with Crippen molar-refractivity contribution < 1.29 is 9.53 Å². The molecule has 0 aliphatic carbocycles. The molecule has 0 radical (unpaired) electrons. The summed E-state index contributed by atoms with van der Waals surface area (Å²) in [7, 11) is 0. The van der Waals surface area contributed by atoms with Gasteiger partial charge in [0, 0.05) is 18.3 Å². The van der Waals surface area contributed by atoms with Crippen molar-refractivity contribution in [2.45, 2.75) is 13.0 Å². The van der Waals surface area contributed by atoms with Crippen LogP contribution in [0, 0.1) is 0 Å². The van der Waals surface area contributed by atoms with Crippen LogP contribution in [-0.4, -0.2) is 17.6 Å². The Labute approximate surface area is 138 Å². The zero-order valence-corrected chi connectivity index (χ0v) is 13.2. The van der Waals surface area contributed by atoms with Gasteiger partial charge in [-0.3, -0.25) is 4.79 Å². The molecule has 2 rings (SSSR count). The van der Waals surface area contributed by atoms with Crippen molar-refractivity contribution >= 4 is 23.8 Å². The average Bonchev–Trinajstić information content (AvgIpc) is 2.56. The minimum atomic E-state index is -0.470. The van der Waals surface area contributed by atoms with E-state index in [1.807, 2.05) is 30.3 Å². The Morgan fingerprint density at radius 2 is 2.09 bits per heavy atom. The Balaban J connectivity index is 1.68. The maximum atomic E-state index is 11.5. The molecule has 120 valence electrons. The largest absolute Gasteiger partial charge is 0.445 e. The van der Waals surface area contributed by atoms with Gasteiger partial charge >= 0.3 is 6.09 Å². The molecule has 6 heteroatoms. The third-order valence-corrected chi connectivity index (χ3v) is 3.21. The van der Waals surface area contributed by atoms with Crippen LogP contribution >= 0.6 is 11.6 Å². The molecule has 2 aromatic rings. The molecule has 0 atom stereocenters. The molecule has 0 spiro atoms. The van der Waals surface area contributed by atoms with E-state index in [1.165, 1.54) is 6.20 Å². The molecule has 2 N–H and O–H groups in total. The number of aromatic nitrogens is 1. The fraction of sp³-hybridized carbons (Fsp3) is 0.176. The second-order valence-electron chi connectivity index (χ2n) is 4.78. The van der Waals surface area contributed by atoms with Gasteiger partial charge in [0.15, 0.2) is 0 Å². The van der Waals surface area contributed by atoms with Gasteiger partial charge in [0.1, 0.15) is 6.61 Å². The summed E-state index contributed by atoms with van der Waals surface area (Å²) in [4.78, 5) is 25.6. The first-order valence-corrected chi connectivity index (χ1v) is 7.52. The number of benzene rings is 1. The van der Waals surface area contributed by atoms with Crippen LogP contribution < -0.4 is 10.9 Å². The van der Waals surface area contributed by atoms with Gasteiger partial charge in [0.05, 0.1) is 5.02 Å². The molecule has 1 aromatic carbocycles. The number of carbonyl (C=O) groups excluding carboxylic acids is 1. The Kier molecular flexibility index (Phi) is 6.44. The van der Waals surface area contributed by atoms with Crippen molar-refractivity contribution in [1.82, 2.24) is 10.3 Å². The van der Waals surface area contributed by atoms with Crippen molar-refractivity contribution in [2.24, 2.45) is 0 Å². The van der Waals surface area contributed by atoms with E-state index in [4.69, 9.17) is 16.3 Å². The average molecular weight is 333 g/mol. The first-order valence-electron chi connectivity index (χ1n) is 7.14. The van der Waals surface area contributed by atoms with Gasteiger partial charge in [0.25, 0.3) is 5.56 Å². The highest BCUT2D eigenvalue weighted by molar-refractivity contribution is 6.30. The number of H-pyrrole nitrogens is 1. The lowest BCUT2D eigenvalue weighted by molar-refractivity contribution is 0.140. The van der Waals surface area contributed by atoms with E-state index in [0.29, 0.717) is 23.6 Å². The molecule has 1 amide bonds. The Morgan fingerprint density at radius 1 is 1.30 bits per heavy atom. The number of halogens is 1. The fourth-order valence-corrected chi connectivity index (χ4v) is 2.01. The van der Waals surface area contributed by atoms with Gasteiger partial charge in [-0.05, 0) is 18.1 Å². The lowest BCUT2D eigenvalue weighted by Crippen LogP contribution is -2.24. The predicted molar refractivity (Wildman–Crippen MR) is 90.4 cm³/mol.